The normalized spacial score (nSPS) is 37.5. The lowest BCUT2D eigenvalue weighted by molar-refractivity contribution is 0.176. The van der Waals surface area contributed by atoms with Crippen LogP contribution in [0.4, 0.5) is 0 Å². The van der Waals surface area contributed by atoms with Gasteiger partial charge >= 0.3 is 0 Å². The van der Waals surface area contributed by atoms with Gasteiger partial charge in [0.25, 0.3) is 0 Å². The molecule has 3 atom stereocenters. The van der Waals surface area contributed by atoms with Crippen LogP contribution in [0.15, 0.2) is 24.3 Å². The minimum absolute atomic E-state index is 0.666. The van der Waals surface area contributed by atoms with E-state index in [0.29, 0.717) is 12.0 Å². The highest BCUT2D eigenvalue weighted by Crippen LogP contribution is 2.41. The standard InChI is InChI=1S/C18H26ClN/c1-12-7-8-18(13(2)9-12)20-15-10-14(11-15)16-5-3-4-6-17(16)19/h3-6,12-15,18,20H,7-11H2,1-2H3. The van der Waals surface area contributed by atoms with Gasteiger partial charge in [0.05, 0.1) is 0 Å². The van der Waals surface area contributed by atoms with Crippen LogP contribution >= 0.6 is 11.6 Å². The summed E-state index contributed by atoms with van der Waals surface area (Å²) < 4.78 is 0. The molecule has 0 aromatic heterocycles. The Kier molecular flexibility index (Phi) is 4.37. The Morgan fingerprint density at radius 3 is 2.50 bits per heavy atom. The zero-order chi connectivity index (χ0) is 14.1. The minimum atomic E-state index is 0.666. The molecule has 1 N–H and O–H groups in total. The Bertz CT molecular complexity index is 452. The maximum atomic E-state index is 6.29. The molecule has 0 aliphatic heterocycles. The zero-order valence-corrected chi connectivity index (χ0v) is 13.4. The predicted octanol–water partition coefficient (Wildman–Crippen LogP) is 5.00. The van der Waals surface area contributed by atoms with Crippen molar-refractivity contribution in [2.24, 2.45) is 11.8 Å². The van der Waals surface area contributed by atoms with Crippen LogP contribution in [0.5, 0.6) is 0 Å². The summed E-state index contributed by atoms with van der Waals surface area (Å²) in [4.78, 5) is 0. The molecule has 2 saturated carbocycles. The first-order valence-corrected chi connectivity index (χ1v) is 8.51. The van der Waals surface area contributed by atoms with E-state index in [1.54, 1.807) is 0 Å². The third-order valence-electron chi connectivity index (χ3n) is 5.36. The average Bonchev–Trinajstić information content (AvgIpc) is 2.37. The predicted molar refractivity (Wildman–Crippen MR) is 86.3 cm³/mol. The number of hydrogen-bond acceptors (Lipinski definition) is 1. The summed E-state index contributed by atoms with van der Waals surface area (Å²) in [5, 5.41) is 4.84. The molecular weight excluding hydrogens is 266 g/mol. The van der Waals surface area contributed by atoms with Gasteiger partial charge in [0.15, 0.2) is 0 Å². The highest BCUT2D eigenvalue weighted by Gasteiger charge is 2.34. The number of nitrogens with one attached hydrogen (secondary N) is 1. The van der Waals surface area contributed by atoms with Gasteiger partial charge in [0, 0.05) is 17.1 Å². The Hall–Kier alpha value is -0.530. The van der Waals surface area contributed by atoms with E-state index in [4.69, 9.17) is 11.6 Å². The fourth-order valence-electron chi connectivity index (χ4n) is 4.03. The largest absolute Gasteiger partial charge is 0.311 e. The van der Waals surface area contributed by atoms with Crippen LogP contribution in [0.2, 0.25) is 5.02 Å². The first kappa shape index (κ1) is 14.4. The number of halogens is 1. The second-order valence-electron chi connectivity index (χ2n) is 7.06. The topological polar surface area (TPSA) is 12.0 Å². The van der Waals surface area contributed by atoms with Gasteiger partial charge in [-0.2, -0.15) is 0 Å². The lowest BCUT2D eigenvalue weighted by Gasteiger charge is -2.42. The van der Waals surface area contributed by atoms with Crippen LogP contribution in [0.25, 0.3) is 0 Å². The molecule has 1 aromatic carbocycles. The van der Waals surface area contributed by atoms with E-state index in [1.807, 2.05) is 12.1 Å². The molecule has 3 unspecified atom stereocenters. The van der Waals surface area contributed by atoms with Crippen molar-refractivity contribution in [3.8, 4) is 0 Å². The quantitative estimate of drug-likeness (QED) is 0.826. The van der Waals surface area contributed by atoms with E-state index in [9.17, 15) is 0 Å². The summed E-state index contributed by atoms with van der Waals surface area (Å²) in [7, 11) is 0. The van der Waals surface area contributed by atoms with Crippen molar-refractivity contribution in [3.05, 3.63) is 34.9 Å². The molecule has 2 heteroatoms. The zero-order valence-electron chi connectivity index (χ0n) is 12.6. The van der Waals surface area contributed by atoms with Crippen molar-refractivity contribution >= 4 is 11.6 Å². The highest BCUT2D eigenvalue weighted by atomic mass is 35.5. The van der Waals surface area contributed by atoms with Crippen molar-refractivity contribution in [2.45, 2.75) is 64.0 Å². The maximum absolute atomic E-state index is 6.29. The SMILES string of the molecule is CC1CCC(NC2CC(c3ccccc3Cl)C2)C(C)C1. The molecule has 2 aliphatic rings. The molecule has 2 fully saturated rings. The van der Waals surface area contributed by atoms with Crippen molar-refractivity contribution in [1.29, 1.82) is 0 Å². The molecular formula is C18H26ClN. The van der Waals surface area contributed by atoms with Crippen LogP contribution in [-0.2, 0) is 0 Å². The second-order valence-corrected chi connectivity index (χ2v) is 7.46. The van der Waals surface area contributed by atoms with E-state index < -0.39 is 0 Å². The van der Waals surface area contributed by atoms with Gasteiger partial charge in [0.1, 0.15) is 0 Å². The van der Waals surface area contributed by atoms with E-state index in [0.717, 1.165) is 22.9 Å². The van der Waals surface area contributed by atoms with Crippen LogP contribution in [0, 0.1) is 11.8 Å². The molecule has 1 aromatic rings. The Labute approximate surface area is 128 Å². The van der Waals surface area contributed by atoms with Gasteiger partial charge in [-0.15, -0.1) is 0 Å². The van der Waals surface area contributed by atoms with Crippen LogP contribution in [-0.4, -0.2) is 12.1 Å². The third-order valence-corrected chi connectivity index (χ3v) is 5.71. The molecule has 0 spiro atoms. The van der Waals surface area contributed by atoms with Crippen LogP contribution in [0.3, 0.4) is 0 Å². The van der Waals surface area contributed by atoms with Gasteiger partial charge in [-0.25, -0.2) is 0 Å². The molecule has 0 amide bonds. The number of hydrogen-bond donors (Lipinski definition) is 1. The van der Waals surface area contributed by atoms with Gasteiger partial charge in [0.2, 0.25) is 0 Å². The Balaban J connectivity index is 1.50. The summed E-state index contributed by atoms with van der Waals surface area (Å²) >= 11 is 6.29. The van der Waals surface area contributed by atoms with Crippen molar-refractivity contribution in [1.82, 2.24) is 5.32 Å². The monoisotopic (exact) mass is 291 g/mol. The minimum Gasteiger partial charge on any atom is -0.311 e. The number of benzene rings is 1. The van der Waals surface area contributed by atoms with Gasteiger partial charge in [-0.05, 0) is 61.5 Å². The molecule has 20 heavy (non-hydrogen) atoms. The smallest absolute Gasteiger partial charge is 0.0440 e. The molecule has 3 rings (SSSR count). The summed E-state index contributed by atoms with van der Waals surface area (Å²) in [5.41, 5.74) is 1.34. The van der Waals surface area contributed by atoms with Crippen LogP contribution in [0.1, 0.15) is 57.4 Å². The molecule has 0 heterocycles. The summed E-state index contributed by atoms with van der Waals surface area (Å²) in [6.45, 7) is 4.81. The molecule has 110 valence electrons. The van der Waals surface area contributed by atoms with Crippen LogP contribution < -0.4 is 5.32 Å². The molecule has 2 aliphatic carbocycles. The fourth-order valence-corrected chi connectivity index (χ4v) is 4.32. The van der Waals surface area contributed by atoms with Gasteiger partial charge < -0.3 is 5.32 Å². The van der Waals surface area contributed by atoms with Gasteiger partial charge in [-0.3, -0.25) is 0 Å². The van der Waals surface area contributed by atoms with E-state index in [2.05, 4.69) is 31.3 Å². The van der Waals surface area contributed by atoms with Gasteiger partial charge in [-0.1, -0.05) is 43.6 Å². The molecule has 1 nitrogen and oxygen atoms in total. The third kappa shape index (κ3) is 3.04. The maximum Gasteiger partial charge on any atom is 0.0440 e. The van der Waals surface area contributed by atoms with Crippen molar-refractivity contribution in [3.63, 3.8) is 0 Å². The lowest BCUT2D eigenvalue weighted by atomic mass is 9.73. The molecule has 0 radical (unpaired) electrons. The Morgan fingerprint density at radius 2 is 1.80 bits per heavy atom. The Morgan fingerprint density at radius 1 is 1.05 bits per heavy atom. The molecule has 0 saturated heterocycles. The second kappa shape index (κ2) is 6.07. The van der Waals surface area contributed by atoms with Crippen molar-refractivity contribution in [2.75, 3.05) is 0 Å². The summed E-state index contributed by atoms with van der Waals surface area (Å²) in [6.07, 6.45) is 6.64. The fraction of sp³-hybridized carbons (Fsp3) is 0.667. The summed E-state index contributed by atoms with van der Waals surface area (Å²) in [5.74, 6) is 2.41. The lowest BCUT2D eigenvalue weighted by Crippen LogP contribution is -2.49. The molecule has 0 bridgehead atoms. The average molecular weight is 292 g/mol. The number of rotatable bonds is 3. The first-order chi connectivity index (χ1) is 9.63. The van der Waals surface area contributed by atoms with Crippen molar-refractivity contribution < 1.29 is 0 Å². The van der Waals surface area contributed by atoms with E-state index >= 15 is 0 Å². The highest BCUT2D eigenvalue weighted by molar-refractivity contribution is 6.31. The summed E-state index contributed by atoms with van der Waals surface area (Å²) in [6, 6.07) is 9.77. The van der Waals surface area contributed by atoms with E-state index in [1.165, 1.54) is 37.7 Å². The van der Waals surface area contributed by atoms with E-state index in [-0.39, 0.29) is 0 Å². The first-order valence-electron chi connectivity index (χ1n) is 8.14.